The molecule has 86 valence electrons. The Morgan fingerprint density at radius 2 is 1.82 bits per heavy atom. The van der Waals surface area contributed by atoms with Crippen molar-refractivity contribution in [1.29, 1.82) is 0 Å². The molecule has 0 aliphatic heterocycles. The van der Waals surface area contributed by atoms with Crippen LogP contribution in [0.3, 0.4) is 0 Å². The van der Waals surface area contributed by atoms with Crippen LogP contribution in [0.5, 0.6) is 5.75 Å². The zero-order valence-electron chi connectivity index (χ0n) is 9.46. The molecular weight excluding hydrogens is 214 g/mol. The molecular formula is C13H13N3O. The molecule has 0 bridgehead atoms. The van der Waals surface area contributed by atoms with Crippen LogP contribution in [0.1, 0.15) is 5.69 Å². The number of aryl methyl sites for hydroxylation is 1. The summed E-state index contributed by atoms with van der Waals surface area (Å²) >= 11 is 0. The van der Waals surface area contributed by atoms with Crippen molar-refractivity contribution in [1.82, 2.24) is 15.0 Å². The van der Waals surface area contributed by atoms with E-state index in [-0.39, 0.29) is 0 Å². The van der Waals surface area contributed by atoms with Gasteiger partial charge in [0.2, 0.25) is 0 Å². The molecule has 3 aromatic rings. The number of hydrogen-bond acceptors (Lipinski definition) is 3. The summed E-state index contributed by atoms with van der Waals surface area (Å²) in [4.78, 5) is 11.1. The molecule has 1 aromatic carbocycles. The molecule has 0 atom stereocenters. The molecule has 2 heterocycles. The van der Waals surface area contributed by atoms with Crippen LogP contribution in [0, 0.1) is 6.92 Å². The number of fused-ring (bicyclic) bond motifs is 1. The van der Waals surface area contributed by atoms with Gasteiger partial charge in [-0.05, 0) is 25.1 Å². The van der Waals surface area contributed by atoms with E-state index >= 15 is 0 Å². The van der Waals surface area contributed by atoms with Gasteiger partial charge in [0.1, 0.15) is 17.7 Å². The Morgan fingerprint density at radius 1 is 1.06 bits per heavy atom. The Morgan fingerprint density at radius 3 is 2.41 bits per heavy atom. The minimum atomic E-state index is 0.322. The maximum atomic E-state index is 8.63. The molecule has 0 amide bonds. The average molecular weight is 227 g/mol. The minimum absolute atomic E-state index is 0.322. The monoisotopic (exact) mass is 227 g/mol. The van der Waals surface area contributed by atoms with E-state index in [4.69, 9.17) is 5.11 Å². The van der Waals surface area contributed by atoms with Crippen LogP contribution < -0.4 is 0 Å². The lowest BCUT2D eigenvalue weighted by molar-refractivity contribution is 0.475. The standard InChI is InChI=1S/C7H7N3.C6H6O/c1-5-6-2-3-8-7(6)10-4-9-5;7-6-4-2-1-3-5-6/h2-4H,1H3,(H,8,9,10);1-5,7H. The van der Waals surface area contributed by atoms with Crippen LogP contribution in [0.4, 0.5) is 0 Å². The molecule has 2 N–H and O–H groups in total. The van der Waals surface area contributed by atoms with E-state index in [2.05, 4.69) is 15.0 Å². The summed E-state index contributed by atoms with van der Waals surface area (Å²) in [5, 5.41) is 9.73. The number of H-pyrrole nitrogens is 1. The lowest BCUT2D eigenvalue weighted by Crippen LogP contribution is -1.83. The Kier molecular flexibility index (Phi) is 3.35. The quantitative estimate of drug-likeness (QED) is 0.620. The first-order chi connectivity index (χ1) is 8.27. The second kappa shape index (κ2) is 5.12. The maximum Gasteiger partial charge on any atom is 0.140 e. The molecule has 0 radical (unpaired) electrons. The van der Waals surface area contributed by atoms with Gasteiger partial charge in [0, 0.05) is 11.6 Å². The van der Waals surface area contributed by atoms with E-state index in [0.29, 0.717) is 5.75 Å². The van der Waals surface area contributed by atoms with Gasteiger partial charge in [0.25, 0.3) is 0 Å². The van der Waals surface area contributed by atoms with Crippen molar-refractivity contribution in [2.45, 2.75) is 6.92 Å². The van der Waals surface area contributed by atoms with Crippen molar-refractivity contribution in [2.24, 2.45) is 0 Å². The number of phenolic OH excluding ortho intramolecular Hbond substituents is 1. The number of phenols is 1. The highest BCUT2D eigenvalue weighted by molar-refractivity contribution is 5.77. The predicted molar refractivity (Wildman–Crippen MR) is 66.7 cm³/mol. The lowest BCUT2D eigenvalue weighted by Gasteiger charge is -1.90. The van der Waals surface area contributed by atoms with Gasteiger partial charge in [-0.25, -0.2) is 9.97 Å². The zero-order chi connectivity index (χ0) is 12.1. The van der Waals surface area contributed by atoms with Gasteiger partial charge in [0.15, 0.2) is 0 Å². The summed E-state index contributed by atoms with van der Waals surface area (Å²) < 4.78 is 0. The molecule has 0 unspecified atom stereocenters. The third-order valence-electron chi connectivity index (χ3n) is 2.31. The number of hydrogen-bond donors (Lipinski definition) is 2. The molecule has 0 aliphatic carbocycles. The number of aromatic nitrogens is 3. The second-order valence-corrected chi connectivity index (χ2v) is 3.53. The van der Waals surface area contributed by atoms with E-state index in [1.807, 2.05) is 25.3 Å². The van der Waals surface area contributed by atoms with E-state index in [0.717, 1.165) is 16.7 Å². The number of nitrogens with zero attached hydrogens (tertiary/aromatic N) is 2. The highest BCUT2D eigenvalue weighted by atomic mass is 16.3. The Labute approximate surface area is 99.0 Å². The van der Waals surface area contributed by atoms with Gasteiger partial charge < -0.3 is 10.1 Å². The topological polar surface area (TPSA) is 61.8 Å². The summed E-state index contributed by atoms with van der Waals surface area (Å²) in [6.07, 6.45) is 3.43. The van der Waals surface area contributed by atoms with Crippen molar-refractivity contribution in [2.75, 3.05) is 0 Å². The number of benzene rings is 1. The smallest absolute Gasteiger partial charge is 0.140 e. The van der Waals surface area contributed by atoms with Crippen LogP contribution in [-0.4, -0.2) is 20.1 Å². The Balaban J connectivity index is 0.000000136. The molecule has 0 fully saturated rings. The van der Waals surface area contributed by atoms with E-state index < -0.39 is 0 Å². The van der Waals surface area contributed by atoms with Crippen LogP contribution in [-0.2, 0) is 0 Å². The van der Waals surface area contributed by atoms with Gasteiger partial charge in [-0.3, -0.25) is 0 Å². The average Bonchev–Trinajstić information content (AvgIpc) is 2.80. The van der Waals surface area contributed by atoms with Crippen LogP contribution >= 0.6 is 0 Å². The van der Waals surface area contributed by atoms with Crippen LogP contribution in [0.2, 0.25) is 0 Å². The summed E-state index contributed by atoms with van der Waals surface area (Å²) in [5.41, 5.74) is 1.93. The normalized spacial score (nSPS) is 9.71. The largest absolute Gasteiger partial charge is 0.508 e. The van der Waals surface area contributed by atoms with Crippen molar-refractivity contribution < 1.29 is 5.11 Å². The number of aromatic hydroxyl groups is 1. The molecule has 4 heteroatoms. The Bertz CT molecular complexity index is 590. The summed E-state index contributed by atoms with van der Waals surface area (Å²) in [5.74, 6) is 0.322. The molecule has 3 rings (SSSR count). The number of nitrogens with one attached hydrogen (secondary N) is 1. The molecule has 4 nitrogen and oxygen atoms in total. The third kappa shape index (κ3) is 2.81. The summed E-state index contributed by atoms with van der Waals surface area (Å²) in [6, 6.07) is 10.7. The zero-order valence-corrected chi connectivity index (χ0v) is 9.46. The van der Waals surface area contributed by atoms with Gasteiger partial charge in [0.05, 0.1) is 5.69 Å². The number of para-hydroxylation sites is 1. The molecule has 0 saturated heterocycles. The number of rotatable bonds is 0. The van der Waals surface area contributed by atoms with E-state index in [1.54, 1.807) is 30.6 Å². The van der Waals surface area contributed by atoms with Crippen molar-refractivity contribution >= 4 is 11.0 Å². The molecule has 0 saturated carbocycles. The van der Waals surface area contributed by atoms with Crippen molar-refractivity contribution in [3.8, 4) is 5.75 Å². The molecule has 0 aliphatic rings. The van der Waals surface area contributed by atoms with Gasteiger partial charge in [-0.15, -0.1) is 0 Å². The highest BCUT2D eigenvalue weighted by Crippen LogP contribution is 2.10. The molecule has 0 spiro atoms. The fourth-order valence-electron chi connectivity index (χ4n) is 1.43. The third-order valence-corrected chi connectivity index (χ3v) is 2.31. The van der Waals surface area contributed by atoms with Crippen molar-refractivity contribution in [3.63, 3.8) is 0 Å². The summed E-state index contributed by atoms with van der Waals surface area (Å²) in [7, 11) is 0. The van der Waals surface area contributed by atoms with E-state index in [9.17, 15) is 0 Å². The first-order valence-electron chi connectivity index (χ1n) is 5.26. The minimum Gasteiger partial charge on any atom is -0.508 e. The number of aromatic amines is 1. The SMILES string of the molecule is Cc1ncnc2[nH]ccc12.Oc1ccccc1. The molecule has 17 heavy (non-hydrogen) atoms. The lowest BCUT2D eigenvalue weighted by atomic mass is 10.3. The van der Waals surface area contributed by atoms with Crippen LogP contribution in [0.15, 0.2) is 48.9 Å². The summed E-state index contributed by atoms with van der Waals surface area (Å²) in [6.45, 7) is 1.97. The fourth-order valence-corrected chi connectivity index (χ4v) is 1.43. The molecule has 2 aromatic heterocycles. The van der Waals surface area contributed by atoms with Gasteiger partial charge in [-0.2, -0.15) is 0 Å². The van der Waals surface area contributed by atoms with Crippen molar-refractivity contribution in [3.05, 3.63) is 54.6 Å². The first-order valence-corrected chi connectivity index (χ1v) is 5.26. The fraction of sp³-hybridized carbons (Fsp3) is 0.0769. The van der Waals surface area contributed by atoms with Gasteiger partial charge in [-0.1, -0.05) is 18.2 Å². The Hall–Kier alpha value is -2.36. The van der Waals surface area contributed by atoms with Crippen LogP contribution in [0.25, 0.3) is 11.0 Å². The first kappa shape index (κ1) is 11.1. The predicted octanol–water partition coefficient (Wildman–Crippen LogP) is 2.66. The maximum absolute atomic E-state index is 8.63. The van der Waals surface area contributed by atoms with Gasteiger partial charge >= 0.3 is 0 Å². The second-order valence-electron chi connectivity index (χ2n) is 3.53. The van der Waals surface area contributed by atoms with E-state index in [1.165, 1.54) is 0 Å². The highest BCUT2D eigenvalue weighted by Gasteiger charge is 1.96.